The molecular formula is C18H13F2N3O2S. The van der Waals surface area contributed by atoms with E-state index in [-0.39, 0.29) is 5.69 Å². The topological polar surface area (TPSA) is 70.2 Å². The number of benzene rings is 2. The first-order valence-electron chi connectivity index (χ1n) is 7.50. The monoisotopic (exact) mass is 373 g/mol. The molecule has 26 heavy (non-hydrogen) atoms. The maximum absolute atomic E-state index is 13.2. The molecule has 3 rings (SSSR count). The van der Waals surface area contributed by atoms with Gasteiger partial charge in [-0.15, -0.1) is 11.3 Å². The second-order valence-electron chi connectivity index (χ2n) is 5.19. The molecule has 0 aliphatic carbocycles. The number of carbonyl (C=O) groups excluding carboxylic acids is 2. The summed E-state index contributed by atoms with van der Waals surface area (Å²) in [6, 6.07) is 14.7. The molecule has 0 bridgehead atoms. The highest BCUT2D eigenvalue weighted by Gasteiger charge is 2.12. The van der Waals surface area contributed by atoms with Gasteiger partial charge in [-0.05, 0) is 36.4 Å². The van der Waals surface area contributed by atoms with Gasteiger partial charge in [0.25, 0.3) is 5.91 Å². The highest BCUT2D eigenvalue weighted by molar-refractivity contribution is 7.18. The lowest BCUT2D eigenvalue weighted by molar-refractivity contribution is 0.103. The van der Waals surface area contributed by atoms with Crippen LogP contribution < -0.4 is 16.0 Å². The molecule has 0 fully saturated rings. The molecule has 0 unspecified atom stereocenters. The van der Waals surface area contributed by atoms with E-state index in [1.807, 2.05) is 6.07 Å². The molecule has 5 nitrogen and oxygen atoms in total. The molecule has 1 heterocycles. The number of amides is 3. The summed E-state index contributed by atoms with van der Waals surface area (Å²) in [4.78, 5) is 24.4. The lowest BCUT2D eigenvalue weighted by Gasteiger charge is -2.05. The maximum Gasteiger partial charge on any atom is 0.324 e. The molecule has 0 atom stereocenters. The Bertz CT molecular complexity index is 945. The van der Waals surface area contributed by atoms with Gasteiger partial charge in [0, 0.05) is 17.4 Å². The number of nitrogens with one attached hydrogen (secondary N) is 3. The minimum absolute atomic E-state index is 0.138. The van der Waals surface area contributed by atoms with E-state index in [0.717, 1.165) is 23.5 Å². The molecule has 2 aromatic carbocycles. The van der Waals surface area contributed by atoms with Crippen LogP contribution in [0.15, 0.2) is 60.7 Å². The van der Waals surface area contributed by atoms with Crippen LogP contribution in [-0.2, 0) is 0 Å². The van der Waals surface area contributed by atoms with Crippen LogP contribution in [0.4, 0.5) is 30.0 Å². The molecule has 0 radical (unpaired) electrons. The number of halogens is 2. The van der Waals surface area contributed by atoms with Gasteiger partial charge >= 0.3 is 6.03 Å². The first-order chi connectivity index (χ1) is 12.5. The number of rotatable bonds is 4. The normalized spacial score (nSPS) is 10.2. The molecule has 0 aliphatic heterocycles. The van der Waals surface area contributed by atoms with E-state index >= 15 is 0 Å². The molecule has 0 aliphatic rings. The number of hydrogen-bond acceptors (Lipinski definition) is 3. The van der Waals surface area contributed by atoms with E-state index in [0.29, 0.717) is 15.6 Å². The average molecular weight is 373 g/mol. The Morgan fingerprint density at radius 1 is 0.769 bits per heavy atom. The van der Waals surface area contributed by atoms with Crippen molar-refractivity contribution in [2.24, 2.45) is 0 Å². The minimum Gasteiger partial charge on any atom is -0.321 e. The van der Waals surface area contributed by atoms with Gasteiger partial charge in [-0.3, -0.25) is 10.1 Å². The zero-order valence-electron chi connectivity index (χ0n) is 13.3. The number of carbonyl (C=O) groups is 2. The van der Waals surface area contributed by atoms with Crippen molar-refractivity contribution >= 4 is 39.7 Å². The van der Waals surface area contributed by atoms with Crippen LogP contribution in [0.1, 0.15) is 9.67 Å². The summed E-state index contributed by atoms with van der Waals surface area (Å²) in [5.41, 5.74) is 0.775. The predicted octanol–water partition coefficient (Wildman–Crippen LogP) is 4.92. The van der Waals surface area contributed by atoms with Crippen LogP contribution in [0.3, 0.4) is 0 Å². The molecule has 0 saturated heterocycles. The molecule has 3 N–H and O–H groups in total. The van der Waals surface area contributed by atoms with Crippen molar-refractivity contribution in [2.75, 3.05) is 16.0 Å². The number of urea groups is 1. The average Bonchev–Trinajstić information content (AvgIpc) is 3.07. The second kappa shape index (κ2) is 7.75. The fourth-order valence-corrected chi connectivity index (χ4v) is 2.89. The van der Waals surface area contributed by atoms with Gasteiger partial charge < -0.3 is 10.6 Å². The van der Waals surface area contributed by atoms with Crippen LogP contribution in [0.5, 0.6) is 0 Å². The van der Waals surface area contributed by atoms with E-state index in [1.165, 1.54) is 12.1 Å². The summed E-state index contributed by atoms with van der Waals surface area (Å²) in [5, 5.41) is 8.22. The molecule has 3 amide bonds. The SMILES string of the molecule is O=C(Nc1ccccc1)Nc1ccc(C(=O)Nc2ccc(F)c(F)c2)s1. The maximum atomic E-state index is 13.2. The van der Waals surface area contributed by atoms with Crippen molar-refractivity contribution in [1.82, 2.24) is 0 Å². The van der Waals surface area contributed by atoms with Crippen molar-refractivity contribution in [3.8, 4) is 0 Å². The fourth-order valence-electron chi connectivity index (χ4n) is 2.09. The quantitative estimate of drug-likeness (QED) is 0.607. The Morgan fingerprint density at radius 2 is 1.54 bits per heavy atom. The van der Waals surface area contributed by atoms with Crippen molar-refractivity contribution in [1.29, 1.82) is 0 Å². The predicted molar refractivity (Wildman–Crippen MR) is 97.7 cm³/mol. The molecule has 8 heteroatoms. The number of para-hydroxylation sites is 1. The summed E-state index contributed by atoms with van der Waals surface area (Å²) in [7, 11) is 0. The third kappa shape index (κ3) is 4.42. The summed E-state index contributed by atoms with van der Waals surface area (Å²) in [5.74, 6) is -2.53. The Morgan fingerprint density at radius 3 is 2.27 bits per heavy atom. The van der Waals surface area contributed by atoms with Crippen molar-refractivity contribution in [3.63, 3.8) is 0 Å². The standard InChI is InChI=1S/C18H13F2N3O2S/c19-13-7-6-12(10-14(13)20)21-17(24)15-8-9-16(26-15)23-18(25)22-11-4-2-1-3-5-11/h1-10H,(H,21,24)(H2,22,23,25). The van der Waals surface area contributed by atoms with E-state index in [4.69, 9.17) is 0 Å². The summed E-state index contributed by atoms with van der Waals surface area (Å²) in [6.07, 6.45) is 0. The summed E-state index contributed by atoms with van der Waals surface area (Å²) in [6.45, 7) is 0. The lowest BCUT2D eigenvalue weighted by atomic mass is 10.3. The van der Waals surface area contributed by atoms with Gasteiger partial charge in [-0.25, -0.2) is 13.6 Å². The van der Waals surface area contributed by atoms with Crippen LogP contribution >= 0.6 is 11.3 Å². The largest absolute Gasteiger partial charge is 0.324 e. The van der Waals surface area contributed by atoms with E-state index < -0.39 is 23.6 Å². The van der Waals surface area contributed by atoms with Crippen molar-refractivity contribution in [2.45, 2.75) is 0 Å². The molecule has 1 aromatic heterocycles. The van der Waals surface area contributed by atoms with Gasteiger partial charge in [-0.1, -0.05) is 18.2 Å². The Balaban J connectivity index is 1.60. The zero-order chi connectivity index (χ0) is 18.5. The molecule has 3 aromatic rings. The number of thiophene rings is 1. The Kier molecular flexibility index (Phi) is 5.23. The highest BCUT2D eigenvalue weighted by Crippen LogP contribution is 2.23. The van der Waals surface area contributed by atoms with E-state index in [2.05, 4.69) is 16.0 Å². The van der Waals surface area contributed by atoms with Gasteiger partial charge in [0.05, 0.1) is 9.88 Å². The summed E-state index contributed by atoms with van der Waals surface area (Å²) < 4.78 is 26.1. The Hall–Kier alpha value is -3.26. The van der Waals surface area contributed by atoms with Gasteiger partial charge in [0.15, 0.2) is 11.6 Å². The van der Waals surface area contributed by atoms with Crippen molar-refractivity contribution in [3.05, 3.63) is 77.2 Å². The fraction of sp³-hybridized carbons (Fsp3) is 0. The van der Waals surface area contributed by atoms with Gasteiger partial charge in [0.1, 0.15) is 0 Å². The zero-order valence-corrected chi connectivity index (χ0v) is 14.1. The highest BCUT2D eigenvalue weighted by atomic mass is 32.1. The smallest absolute Gasteiger partial charge is 0.321 e. The van der Waals surface area contributed by atoms with Crippen LogP contribution in [0, 0.1) is 11.6 Å². The van der Waals surface area contributed by atoms with E-state index in [9.17, 15) is 18.4 Å². The number of anilines is 3. The molecule has 0 saturated carbocycles. The van der Waals surface area contributed by atoms with E-state index in [1.54, 1.807) is 30.3 Å². The molecular weight excluding hydrogens is 360 g/mol. The van der Waals surface area contributed by atoms with Crippen molar-refractivity contribution < 1.29 is 18.4 Å². The van der Waals surface area contributed by atoms with Crippen LogP contribution in [-0.4, -0.2) is 11.9 Å². The third-order valence-corrected chi connectivity index (χ3v) is 4.28. The molecule has 132 valence electrons. The summed E-state index contributed by atoms with van der Waals surface area (Å²) >= 11 is 1.05. The second-order valence-corrected chi connectivity index (χ2v) is 6.28. The first-order valence-corrected chi connectivity index (χ1v) is 8.32. The van der Waals surface area contributed by atoms with Gasteiger partial charge in [-0.2, -0.15) is 0 Å². The first kappa shape index (κ1) is 17.6. The van der Waals surface area contributed by atoms with Crippen LogP contribution in [0.2, 0.25) is 0 Å². The van der Waals surface area contributed by atoms with Gasteiger partial charge in [0.2, 0.25) is 0 Å². The minimum atomic E-state index is -1.05. The molecule has 0 spiro atoms. The Labute approximate surface area is 151 Å². The third-order valence-electron chi connectivity index (χ3n) is 3.28. The number of hydrogen-bond donors (Lipinski definition) is 3. The van der Waals surface area contributed by atoms with Crippen LogP contribution in [0.25, 0.3) is 0 Å². The lowest BCUT2D eigenvalue weighted by Crippen LogP contribution is -2.18.